The van der Waals surface area contributed by atoms with Gasteiger partial charge in [0.05, 0.1) is 13.2 Å². The molecule has 0 radical (unpaired) electrons. The summed E-state index contributed by atoms with van der Waals surface area (Å²) in [6.07, 6.45) is 4.59. The second-order valence-electron chi connectivity index (χ2n) is 7.14. The molecule has 150 valence electrons. The lowest BCUT2D eigenvalue weighted by Crippen LogP contribution is -2.38. The van der Waals surface area contributed by atoms with E-state index in [-0.39, 0.29) is 18.6 Å². The van der Waals surface area contributed by atoms with Gasteiger partial charge in [-0.05, 0) is 48.7 Å². The zero-order valence-corrected chi connectivity index (χ0v) is 16.3. The molecule has 2 aromatic rings. The minimum atomic E-state index is -0.564. The molecular weight excluding hydrogens is 370 g/mol. The Morgan fingerprint density at radius 2 is 1.93 bits per heavy atom. The zero-order chi connectivity index (χ0) is 20.2. The molecule has 1 atom stereocenters. The molecule has 6 nitrogen and oxygen atoms in total. The molecule has 2 heterocycles. The van der Waals surface area contributed by atoms with Crippen molar-refractivity contribution in [2.24, 2.45) is 0 Å². The highest BCUT2D eigenvalue weighted by molar-refractivity contribution is 5.98. The van der Waals surface area contributed by atoms with Crippen LogP contribution in [0.15, 0.2) is 48.5 Å². The lowest BCUT2D eigenvalue weighted by atomic mass is 10.1. The van der Waals surface area contributed by atoms with Gasteiger partial charge in [-0.15, -0.1) is 0 Å². The Kier molecular flexibility index (Phi) is 5.51. The van der Waals surface area contributed by atoms with E-state index in [0.717, 1.165) is 29.7 Å². The molecule has 0 aromatic heterocycles. The van der Waals surface area contributed by atoms with Crippen LogP contribution in [0.3, 0.4) is 0 Å². The summed E-state index contributed by atoms with van der Waals surface area (Å²) in [5.74, 6) is 0.577. The largest absolute Gasteiger partial charge is 0.490 e. The van der Waals surface area contributed by atoms with Gasteiger partial charge in [0.15, 0.2) is 18.1 Å². The average molecular weight is 393 g/mol. The van der Waals surface area contributed by atoms with Crippen LogP contribution in [-0.4, -0.2) is 37.7 Å². The van der Waals surface area contributed by atoms with E-state index in [9.17, 15) is 9.59 Å². The van der Waals surface area contributed by atoms with Crippen molar-refractivity contribution >= 4 is 23.6 Å². The summed E-state index contributed by atoms with van der Waals surface area (Å²) < 4.78 is 16.4. The number of para-hydroxylation sites is 1. The molecule has 0 fully saturated rings. The van der Waals surface area contributed by atoms with E-state index in [0.29, 0.717) is 24.7 Å². The van der Waals surface area contributed by atoms with Gasteiger partial charge in [-0.1, -0.05) is 24.3 Å². The van der Waals surface area contributed by atoms with E-state index in [1.54, 1.807) is 11.0 Å². The van der Waals surface area contributed by atoms with Gasteiger partial charge < -0.3 is 19.1 Å². The van der Waals surface area contributed by atoms with Gasteiger partial charge in [0, 0.05) is 24.2 Å². The minimum absolute atomic E-state index is 0.0518. The van der Waals surface area contributed by atoms with E-state index in [1.165, 1.54) is 6.08 Å². The lowest BCUT2D eigenvalue weighted by Gasteiger charge is -2.22. The Morgan fingerprint density at radius 3 is 2.79 bits per heavy atom. The maximum absolute atomic E-state index is 12.6. The van der Waals surface area contributed by atoms with E-state index >= 15 is 0 Å². The van der Waals surface area contributed by atoms with Crippen molar-refractivity contribution in [3.63, 3.8) is 0 Å². The number of hydrogen-bond donors (Lipinski definition) is 0. The first-order valence-corrected chi connectivity index (χ1v) is 9.76. The molecular formula is C23H23NO5. The number of hydrogen-bond acceptors (Lipinski definition) is 5. The van der Waals surface area contributed by atoms with Crippen LogP contribution < -0.4 is 14.4 Å². The van der Waals surface area contributed by atoms with E-state index in [4.69, 9.17) is 14.2 Å². The highest BCUT2D eigenvalue weighted by atomic mass is 16.5. The molecule has 1 amide bonds. The Bertz CT molecular complexity index is 952. The van der Waals surface area contributed by atoms with Crippen LogP contribution in [0.4, 0.5) is 5.69 Å². The van der Waals surface area contributed by atoms with E-state index < -0.39 is 5.97 Å². The van der Waals surface area contributed by atoms with Crippen molar-refractivity contribution < 1.29 is 23.8 Å². The summed E-state index contributed by atoms with van der Waals surface area (Å²) >= 11 is 0. The van der Waals surface area contributed by atoms with Crippen molar-refractivity contribution in [1.82, 2.24) is 0 Å². The third kappa shape index (κ3) is 4.26. The summed E-state index contributed by atoms with van der Waals surface area (Å²) in [5.41, 5.74) is 2.82. The van der Waals surface area contributed by atoms with Crippen LogP contribution in [0.5, 0.6) is 11.5 Å². The minimum Gasteiger partial charge on any atom is -0.490 e. The number of rotatable bonds is 4. The normalized spacial score (nSPS) is 17.7. The number of carbonyl (C=O) groups is 2. The van der Waals surface area contributed by atoms with Crippen molar-refractivity contribution in [3.05, 3.63) is 59.7 Å². The fourth-order valence-corrected chi connectivity index (χ4v) is 3.64. The van der Waals surface area contributed by atoms with Crippen LogP contribution in [0, 0.1) is 0 Å². The summed E-state index contributed by atoms with van der Waals surface area (Å²) in [4.78, 5) is 26.4. The highest BCUT2D eigenvalue weighted by Gasteiger charge is 2.30. The predicted molar refractivity (Wildman–Crippen MR) is 109 cm³/mol. The van der Waals surface area contributed by atoms with Crippen LogP contribution in [-0.2, 0) is 20.7 Å². The number of amides is 1. The summed E-state index contributed by atoms with van der Waals surface area (Å²) in [6, 6.07) is 13.3. The molecule has 0 aliphatic carbocycles. The van der Waals surface area contributed by atoms with Crippen molar-refractivity contribution in [1.29, 1.82) is 0 Å². The molecule has 6 heteroatoms. The molecule has 4 rings (SSSR count). The Morgan fingerprint density at radius 1 is 1.14 bits per heavy atom. The number of anilines is 1. The Labute approximate surface area is 169 Å². The number of carbonyl (C=O) groups excluding carboxylic acids is 2. The van der Waals surface area contributed by atoms with Crippen LogP contribution in [0.25, 0.3) is 6.08 Å². The summed E-state index contributed by atoms with van der Waals surface area (Å²) in [5, 5.41) is 0. The van der Waals surface area contributed by atoms with Gasteiger partial charge in [0.2, 0.25) is 0 Å². The zero-order valence-electron chi connectivity index (χ0n) is 16.3. The summed E-state index contributed by atoms with van der Waals surface area (Å²) in [6.45, 7) is 2.93. The molecule has 2 aliphatic rings. The maximum atomic E-state index is 12.6. The first-order valence-electron chi connectivity index (χ1n) is 9.76. The van der Waals surface area contributed by atoms with Gasteiger partial charge in [-0.25, -0.2) is 4.79 Å². The molecule has 2 aliphatic heterocycles. The van der Waals surface area contributed by atoms with Gasteiger partial charge in [0.25, 0.3) is 5.91 Å². The van der Waals surface area contributed by atoms with Gasteiger partial charge >= 0.3 is 5.97 Å². The third-order valence-electron chi connectivity index (χ3n) is 5.00. The van der Waals surface area contributed by atoms with E-state index in [2.05, 4.69) is 0 Å². The molecule has 0 unspecified atom stereocenters. The van der Waals surface area contributed by atoms with Gasteiger partial charge in [-0.2, -0.15) is 0 Å². The number of ether oxygens (including phenoxy) is 3. The molecule has 0 N–H and O–H groups in total. The van der Waals surface area contributed by atoms with E-state index in [1.807, 2.05) is 49.4 Å². The lowest BCUT2D eigenvalue weighted by molar-refractivity contribution is -0.143. The smallest absolute Gasteiger partial charge is 0.331 e. The quantitative estimate of drug-likeness (QED) is 0.589. The van der Waals surface area contributed by atoms with Crippen LogP contribution in [0.2, 0.25) is 0 Å². The third-order valence-corrected chi connectivity index (χ3v) is 5.00. The fraction of sp³-hybridized carbons (Fsp3) is 0.304. The molecule has 29 heavy (non-hydrogen) atoms. The van der Waals surface area contributed by atoms with Crippen molar-refractivity contribution in [2.75, 3.05) is 24.7 Å². The fourth-order valence-electron chi connectivity index (χ4n) is 3.64. The highest BCUT2D eigenvalue weighted by Crippen LogP contribution is 2.32. The van der Waals surface area contributed by atoms with Crippen LogP contribution >= 0.6 is 0 Å². The Balaban J connectivity index is 1.34. The molecule has 2 aromatic carbocycles. The van der Waals surface area contributed by atoms with Crippen LogP contribution in [0.1, 0.15) is 24.5 Å². The van der Waals surface area contributed by atoms with Crippen molar-refractivity contribution in [2.45, 2.75) is 25.8 Å². The molecule has 0 bridgehead atoms. The van der Waals surface area contributed by atoms with Crippen molar-refractivity contribution in [3.8, 4) is 11.5 Å². The number of esters is 1. The molecule has 0 saturated carbocycles. The second-order valence-corrected chi connectivity index (χ2v) is 7.14. The number of nitrogens with zero attached hydrogens (tertiary/aromatic N) is 1. The molecule has 0 saturated heterocycles. The number of benzene rings is 2. The maximum Gasteiger partial charge on any atom is 0.331 e. The molecule has 0 spiro atoms. The summed E-state index contributed by atoms with van der Waals surface area (Å²) in [7, 11) is 0. The standard InChI is InChI=1S/C23H23NO5/c1-16-13-18-5-2-3-6-19(18)24(16)22(25)15-29-23(26)10-8-17-7-9-20-21(14-17)28-12-4-11-27-20/h2-3,5-10,14,16H,4,11-13,15H2,1H3/b10-8+/t16-/m1/s1. The first kappa shape index (κ1) is 19.1. The SMILES string of the molecule is C[C@@H]1Cc2ccccc2N1C(=O)COC(=O)/C=C/c1ccc2c(c1)OCCCO2. The topological polar surface area (TPSA) is 65.1 Å². The average Bonchev–Trinajstić information content (AvgIpc) is 2.90. The van der Waals surface area contributed by atoms with Gasteiger partial charge in [-0.3, -0.25) is 4.79 Å². The Hall–Kier alpha value is -3.28. The predicted octanol–water partition coefficient (Wildman–Crippen LogP) is 3.38. The first-order chi connectivity index (χ1) is 14.1. The number of fused-ring (bicyclic) bond motifs is 2. The van der Waals surface area contributed by atoms with Gasteiger partial charge in [0.1, 0.15) is 0 Å². The second kappa shape index (κ2) is 8.39. The monoisotopic (exact) mass is 393 g/mol.